The van der Waals surface area contributed by atoms with E-state index in [1.165, 1.54) is 6.21 Å². The molecule has 0 aliphatic rings. The second-order valence-corrected chi connectivity index (χ2v) is 5.08. The van der Waals surface area contributed by atoms with E-state index in [4.69, 9.17) is 21.3 Å². The first-order valence-electron chi connectivity index (χ1n) is 7.23. The molecule has 0 saturated carbocycles. The first-order chi connectivity index (χ1) is 11.2. The van der Waals surface area contributed by atoms with Crippen molar-refractivity contribution < 1.29 is 4.74 Å². The SMILES string of the molecule is N=CCC(=N)c1ccc(Oc2ccc3nc(CN)[nH]c3c2)cc1. The van der Waals surface area contributed by atoms with Crippen LogP contribution < -0.4 is 10.5 Å². The van der Waals surface area contributed by atoms with Crippen LogP contribution >= 0.6 is 0 Å². The zero-order valence-corrected chi connectivity index (χ0v) is 12.5. The topological polar surface area (TPSA) is 112 Å². The largest absolute Gasteiger partial charge is 0.457 e. The Morgan fingerprint density at radius 2 is 1.91 bits per heavy atom. The molecule has 6 heteroatoms. The van der Waals surface area contributed by atoms with Crippen molar-refractivity contribution in [1.29, 1.82) is 10.8 Å². The maximum atomic E-state index is 7.82. The van der Waals surface area contributed by atoms with Crippen LogP contribution in [0, 0.1) is 10.8 Å². The van der Waals surface area contributed by atoms with Crippen molar-refractivity contribution in [2.75, 3.05) is 0 Å². The Labute approximate surface area is 133 Å². The van der Waals surface area contributed by atoms with Gasteiger partial charge in [0.2, 0.25) is 0 Å². The van der Waals surface area contributed by atoms with Crippen LogP contribution in [-0.4, -0.2) is 21.9 Å². The first-order valence-corrected chi connectivity index (χ1v) is 7.23. The Morgan fingerprint density at radius 3 is 2.61 bits per heavy atom. The average Bonchev–Trinajstić information content (AvgIpc) is 2.98. The van der Waals surface area contributed by atoms with E-state index in [0.29, 0.717) is 30.2 Å². The molecule has 0 saturated heterocycles. The molecule has 3 rings (SSSR count). The van der Waals surface area contributed by atoms with Crippen molar-refractivity contribution in [3.8, 4) is 11.5 Å². The molecule has 5 N–H and O–H groups in total. The van der Waals surface area contributed by atoms with E-state index in [2.05, 4.69) is 9.97 Å². The Kier molecular flexibility index (Phi) is 4.16. The summed E-state index contributed by atoms with van der Waals surface area (Å²) < 4.78 is 5.83. The summed E-state index contributed by atoms with van der Waals surface area (Å²) in [5.41, 5.74) is 8.52. The van der Waals surface area contributed by atoms with E-state index in [0.717, 1.165) is 22.4 Å². The summed E-state index contributed by atoms with van der Waals surface area (Å²) in [6.07, 6.45) is 1.56. The van der Waals surface area contributed by atoms with Crippen molar-refractivity contribution in [3.05, 3.63) is 53.9 Å². The number of benzene rings is 2. The van der Waals surface area contributed by atoms with Crippen LogP contribution in [0.15, 0.2) is 42.5 Å². The molecule has 0 aliphatic heterocycles. The normalized spacial score (nSPS) is 10.7. The molecule has 1 heterocycles. The molecule has 1 aromatic heterocycles. The Hall–Kier alpha value is -2.99. The number of hydrogen-bond acceptors (Lipinski definition) is 5. The number of aromatic amines is 1. The van der Waals surface area contributed by atoms with Gasteiger partial charge in [0.25, 0.3) is 0 Å². The van der Waals surface area contributed by atoms with Crippen LogP contribution in [0.3, 0.4) is 0 Å². The van der Waals surface area contributed by atoms with Gasteiger partial charge in [-0.15, -0.1) is 0 Å². The molecule has 6 nitrogen and oxygen atoms in total. The third-order valence-corrected chi connectivity index (χ3v) is 3.44. The molecule has 0 amide bonds. The maximum absolute atomic E-state index is 7.82. The van der Waals surface area contributed by atoms with Gasteiger partial charge >= 0.3 is 0 Å². The van der Waals surface area contributed by atoms with Gasteiger partial charge in [0.15, 0.2) is 0 Å². The molecule has 0 atom stereocenters. The predicted molar refractivity (Wildman–Crippen MR) is 90.7 cm³/mol. The van der Waals surface area contributed by atoms with E-state index in [-0.39, 0.29) is 0 Å². The number of fused-ring (bicyclic) bond motifs is 1. The molecule has 0 spiro atoms. The molecular weight excluding hydrogens is 290 g/mol. The summed E-state index contributed by atoms with van der Waals surface area (Å²) >= 11 is 0. The van der Waals surface area contributed by atoms with Crippen molar-refractivity contribution >= 4 is 23.0 Å². The monoisotopic (exact) mass is 307 g/mol. The summed E-state index contributed by atoms with van der Waals surface area (Å²) in [5, 5.41) is 14.9. The van der Waals surface area contributed by atoms with E-state index in [1.54, 1.807) is 0 Å². The Balaban J connectivity index is 1.78. The van der Waals surface area contributed by atoms with Gasteiger partial charge in [-0.25, -0.2) is 4.98 Å². The second-order valence-electron chi connectivity index (χ2n) is 5.08. The van der Waals surface area contributed by atoms with Gasteiger partial charge in [0.1, 0.15) is 17.3 Å². The zero-order valence-electron chi connectivity index (χ0n) is 12.5. The fourth-order valence-corrected chi connectivity index (χ4v) is 2.28. The van der Waals surface area contributed by atoms with Crippen molar-refractivity contribution in [2.45, 2.75) is 13.0 Å². The number of nitrogens with zero attached hydrogens (tertiary/aromatic N) is 1. The third kappa shape index (κ3) is 3.27. The van der Waals surface area contributed by atoms with Crippen LogP contribution in [0.1, 0.15) is 17.8 Å². The highest BCUT2D eigenvalue weighted by atomic mass is 16.5. The molecule has 116 valence electrons. The van der Waals surface area contributed by atoms with Gasteiger partial charge < -0.3 is 26.3 Å². The molecule has 0 aliphatic carbocycles. The Bertz CT molecular complexity index is 851. The molecule has 3 aromatic rings. The molecule has 23 heavy (non-hydrogen) atoms. The minimum absolute atomic E-state index is 0.334. The van der Waals surface area contributed by atoms with Crippen LogP contribution in [0.4, 0.5) is 0 Å². The number of aromatic nitrogens is 2. The maximum Gasteiger partial charge on any atom is 0.129 e. The van der Waals surface area contributed by atoms with Crippen LogP contribution in [0.2, 0.25) is 0 Å². The van der Waals surface area contributed by atoms with Gasteiger partial charge in [-0.2, -0.15) is 0 Å². The average molecular weight is 307 g/mol. The lowest BCUT2D eigenvalue weighted by atomic mass is 10.1. The lowest BCUT2D eigenvalue weighted by Gasteiger charge is -2.07. The summed E-state index contributed by atoms with van der Waals surface area (Å²) in [6, 6.07) is 12.9. The van der Waals surface area contributed by atoms with Gasteiger partial charge in [-0.1, -0.05) is 0 Å². The highest BCUT2D eigenvalue weighted by Gasteiger charge is 2.05. The van der Waals surface area contributed by atoms with E-state index < -0.39 is 0 Å². The van der Waals surface area contributed by atoms with E-state index in [9.17, 15) is 0 Å². The number of nitrogens with two attached hydrogens (primary N) is 1. The van der Waals surface area contributed by atoms with Crippen molar-refractivity contribution in [1.82, 2.24) is 9.97 Å². The molecule has 0 radical (unpaired) electrons. The van der Waals surface area contributed by atoms with Crippen molar-refractivity contribution in [2.24, 2.45) is 5.73 Å². The van der Waals surface area contributed by atoms with E-state index >= 15 is 0 Å². The predicted octanol–water partition coefficient (Wildman–Crippen LogP) is 3.22. The highest BCUT2D eigenvalue weighted by Crippen LogP contribution is 2.25. The van der Waals surface area contributed by atoms with Crippen LogP contribution in [0.25, 0.3) is 11.0 Å². The van der Waals surface area contributed by atoms with Crippen LogP contribution in [0.5, 0.6) is 11.5 Å². The third-order valence-electron chi connectivity index (χ3n) is 3.44. The minimum Gasteiger partial charge on any atom is -0.457 e. The van der Waals surface area contributed by atoms with Gasteiger partial charge in [0.05, 0.1) is 17.6 Å². The number of hydrogen-bond donors (Lipinski definition) is 4. The molecule has 0 unspecified atom stereocenters. The summed E-state index contributed by atoms with van der Waals surface area (Å²) in [4.78, 5) is 7.49. The fraction of sp³-hybridized carbons (Fsp3) is 0.118. The molecule has 0 fully saturated rings. The highest BCUT2D eigenvalue weighted by molar-refractivity contribution is 6.04. The van der Waals surface area contributed by atoms with Crippen molar-refractivity contribution in [3.63, 3.8) is 0 Å². The smallest absolute Gasteiger partial charge is 0.129 e. The molecule has 2 aromatic carbocycles. The van der Waals surface area contributed by atoms with E-state index in [1.807, 2.05) is 42.5 Å². The fourth-order valence-electron chi connectivity index (χ4n) is 2.28. The summed E-state index contributed by atoms with van der Waals surface area (Å²) in [5.74, 6) is 2.13. The standard InChI is InChI=1S/C17H17N5O/c18-8-7-14(20)11-1-3-12(4-2-11)23-13-5-6-15-16(9-13)22-17(10-19)21-15/h1-6,8-9,18,20H,7,10,19H2,(H,21,22). The molecule has 0 bridgehead atoms. The first kappa shape index (κ1) is 14.9. The van der Waals surface area contributed by atoms with Crippen LogP contribution in [-0.2, 0) is 6.54 Å². The number of H-pyrrole nitrogens is 1. The molecular formula is C17H17N5O. The zero-order chi connectivity index (χ0) is 16.2. The number of rotatable bonds is 6. The minimum atomic E-state index is 0.334. The number of imidazole rings is 1. The number of ether oxygens (including phenoxy) is 1. The lowest BCUT2D eigenvalue weighted by Crippen LogP contribution is -1.98. The van der Waals surface area contributed by atoms with Gasteiger partial charge in [-0.3, -0.25) is 0 Å². The van der Waals surface area contributed by atoms with Gasteiger partial charge in [0, 0.05) is 24.4 Å². The quantitative estimate of drug-likeness (QED) is 0.524. The summed E-state index contributed by atoms with van der Waals surface area (Å²) in [6.45, 7) is 0.369. The second kappa shape index (κ2) is 6.41. The summed E-state index contributed by atoms with van der Waals surface area (Å²) in [7, 11) is 0. The number of nitrogens with one attached hydrogen (secondary N) is 3. The Morgan fingerprint density at radius 1 is 1.17 bits per heavy atom. The lowest BCUT2D eigenvalue weighted by molar-refractivity contribution is 0.483. The van der Waals surface area contributed by atoms with Gasteiger partial charge in [-0.05, 0) is 42.0 Å².